The zero-order chi connectivity index (χ0) is 25.4. The molecular weight excluding hydrogens is 444 g/mol. The van der Waals surface area contributed by atoms with Gasteiger partial charge in [-0.2, -0.15) is 5.10 Å². The van der Waals surface area contributed by atoms with Crippen molar-refractivity contribution in [1.82, 2.24) is 29.8 Å². The number of rotatable bonds is 11. The van der Waals surface area contributed by atoms with Gasteiger partial charge < -0.3 is 20.0 Å². The lowest BCUT2D eigenvalue weighted by Gasteiger charge is -2.23. The number of hydrogen-bond acceptors (Lipinski definition) is 5. The molecule has 0 spiro atoms. The summed E-state index contributed by atoms with van der Waals surface area (Å²) >= 11 is 0. The number of carbonyl (C=O) groups excluding carboxylic acids is 3. The monoisotopic (exact) mass is 482 g/mol. The van der Waals surface area contributed by atoms with Crippen LogP contribution >= 0.6 is 0 Å². The summed E-state index contributed by atoms with van der Waals surface area (Å²) in [7, 11) is 3.90. The zero-order valence-electron chi connectivity index (χ0n) is 21.4. The summed E-state index contributed by atoms with van der Waals surface area (Å²) in [4.78, 5) is 44.4. The summed E-state index contributed by atoms with van der Waals surface area (Å²) in [6, 6.07) is 11.5. The number of benzene rings is 1. The Morgan fingerprint density at radius 3 is 2.54 bits per heavy atom. The van der Waals surface area contributed by atoms with Gasteiger partial charge in [0.25, 0.3) is 11.8 Å². The van der Waals surface area contributed by atoms with E-state index >= 15 is 0 Å². The molecule has 3 rings (SSSR count). The molecule has 9 nitrogen and oxygen atoms in total. The molecule has 0 aliphatic carbocycles. The predicted octanol–water partition coefficient (Wildman–Crippen LogP) is 2.10. The van der Waals surface area contributed by atoms with E-state index in [2.05, 4.69) is 10.4 Å². The third-order valence-corrected chi connectivity index (χ3v) is 5.88. The van der Waals surface area contributed by atoms with E-state index in [1.54, 1.807) is 15.6 Å². The first kappa shape index (κ1) is 26.4. The van der Waals surface area contributed by atoms with E-state index < -0.39 is 0 Å². The Morgan fingerprint density at radius 2 is 1.86 bits per heavy atom. The molecule has 2 heterocycles. The average molecular weight is 483 g/mol. The van der Waals surface area contributed by atoms with Crippen molar-refractivity contribution in [3.63, 3.8) is 0 Å². The third kappa shape index (κ3) is 7.65. The molecule has 190 valence electrons. The Labute approximate surface area is 208 Å². The van der Waals surface area contributed by atoms with Crippen LogP contribution in [0.1, 0.15) is 53.2 Å². The van der Waals surface area contributed by atoms with Gasteiger partial charge in [-0.05, 0) is 32.0 Å². The summed E-state index contributed by atoms with van der Waals surface area (Å²) < 4.78 is 1.65. The average Bonchev–Trinajstić information content (AvgIpc) is 3.18. The fraction of sp³-hybridized carbons (Fsp3) is 0.538. The van der Waals surface area contributed by atoms with Gasteiger partial charge in [0, 0.05) is 58.3 Å². The largest absolute Gasteiger partial charge is 0.355 e. The second-order valence-electron chi connectivity index (χ2n) is 9.75. The molecule has 1 aliphatic rings. The molecule has 2 aromatic rings. The zero-order valence-corrected chi connectivity index (χ0v) is 21.4. The van der Waals surface area contributed by atoms with Crippen LogP contribution in [0.15, 0.2) is 36.4 Å². The van der Waals surface area contributed by atoms with Gasteiger partial charge in [0.1, 0.15) is 5.69 Å². The minimum Gasteiger partial charge on any atom is -0.355 e. The Kier molecular flexibility index (Phi) is 9.42. The fourth-order valence-electron chi connectivity index (χ4n) is 4.12. The molecule has 35 heavy (non-hydrogen) atoms. The number of likely N-dealkylation sites (N-methyl/N-ethyl adjacent to an activating group) is 1. The minimum absolute atomic E-state index is 0.0826. The number of fused-ring (bicyclic) bond motifs is 1. The fourth-order valence-corrected chi connectivity index (χ4v) is 4.12. The van der Waals surface area contributed by atoms with Crippen LogP contribution < -0.4 is 5.32 Å². The molecule has 0 fully saturated rings. The molecule has 0 saturated heterocycles. The first-order valence-electron chi connectivity index (χ1n) is 12.4. The van der Waals surface area contributed by atoms with Crippen LogP contribution in [0.5, 0.6) is 0 Å². The van der Waals surface area contributed by atoms with Crippen molar-refractivity contribution in [1.29, 1.82) is 0 Å². The summed E-state index contributed by atoms with van der Waals surface area (Å²) in [6.45, 7) is 7.96. The van der Waals surface area contributed by atoms with Gasteiger partial charge in [-0.1, -0.05) is 44.2 Å². The van der Waals surface area contributed by atoms with Crippen LogP contribution in [0.3, 0.4) is 0 Å². The molecule has 0 unspecified atom stereocenters. The summed E-state index contributed by atoms with van der Waals surface area (Å²) in [6.07, 6.45) is 0.993. The number of nitrogens with zero attached hydrogens (tertiary/aromatic N) is 5. The lowest BCUT2D eigenvalue weighted by molar-refractivity contribution is -0.121. The quantitative estimate of drug-likeness (QED) is 0.530. The van der Waals surface area contributed by atoms with E-state index in [0.29, 0.717) is 45.0 Å². The highest BCUT2D eigenvalue weighted by Gasteiger charge is 2.28. The molecule has 9 heteroatoms. The van der Waals surface area contributed by atoms with Gasteiger partial charge in [-0.15, -0.1) is 0 Å². The van der Waals surface area contributed by atoms with E-state index in [1.165, 1.54) is 0 Å². The molecule has 1 aromatic heterocycles. The van der Waals surface area contributed by atoms with Crippen LogP contribution in [-0.4, -0.2) is 89.0 Å². The van der Waals surface area contributed by atoms with Crippen molar-refractivity contribution in [3.05, 3.63) is 53.3 Å². The first-order valence-corrected chi connectivity index (χ1v) is 12.4. The Bertz CT molecular complexity index is 1000. The second kappa shape index (κ2) is 12.5. The van der Waals surface area contributed by atoms with E-state index in [1.807, 2.05) is 68.1 Å². The first-order chi connectivity index (χ1) is 16.7. The second-order valence-corrected chi connectivity index (χ2v) is 9.75. The molecule has 0 radical (unpaired) electrons. The predicted molar refractivity (Wildman–Crippen MR) is 135 cm³/mol. The van der Waals surface area contributed by atoms with E-state index in [-0.39, 0.29) is 35.8 Å². The Morgan fingerprint density at radius 1 is 1.11 bits per heavy atom. The number of aromatic nitrogens is 2. The van der Waals surface area contributed by atoms with Gasteiger partial charge in [-0.25, -0.2) is 0 Å². The normalized spacial score (nSPS) is 13.7. The van der Waals surface area contributed by atoms with Crippen LogP contribution in [-0.2, 0) is 17.9 Å². The molecular formula is C26H38N6O3. The highest BCUT2D eigenvalue weighted by Crippen LogP contribution is 2.18. The highest BCUT2D eigenvalue weighted by molar-refractivity contribution is 5.98. The van der Waals surface area contributed by atoms with Crippen LogP contribution in [0, 0.1) is 5.92 Å². The van der Waals surface area contributed by atoms with Gasteiger partial charge >= 0.3 is 0 Å². The maximum absolute atomic E-state index is 13.4. The summed E-state index contributed by atoms with van der Waals surface area (Å²) in [5, 5.41) is 7.39. The third-order valence-electron chi connectivity index (χ3n) is 5.88. The molecule has 1 aliphatic heterocycles. The van der Waals surface area contributed by atoms with Crippen LogP contribution in [0.4, 0.5) is 0 Å². The number of carbonyl (C=O) groups is 3. The van der Waals surface area contributed by atoms with Gasteiger partial charge in [0.05, 0.1) is 0 Å². The maximum Gasteiger partial charge on any atom is 0.274 e. The van der Waals surface area contributed by atoms with Gasteiger partial charge in [0.2, 0.25) is 5.91 Å². The Hall–Kier alpha value is -3.20. The standard InChI is InChI=1S/C26H38N6O3/c1-20(2)18-31(15-11-24(33)27-12-16-29(3)4)25(34)22-17-23-26(35)30(13-8-14-32(23)28-22)19-21-9-6-5-7-10-21/h5-7,9-10,17,20H,8,11-16,18-19H2,1-4H3,(H,27,33). The number of hydrogen-bond donors (Lipinski definition) is 1. The SMILES string of the molecule is CC(C)CN(CCC(=O)NCCN(C)C)C(=O)c1cc2n(n1)CCCN(Cc1ccccc1)C2=O. The van der Waals surface area contributed by atoms with Crippen LogP contribution in [0.25, 0.3) is 0 Å². The molecule has 1 aromatic carbocycles. The highest BCUT2D eigenvalue weighted by atomic mass is 16.2. The molecule has 0 atom stereocenters. The van der Waals surface area contributed by atoms with Gasteiger partial charge in [0.15, 0.2) is 5.69 Å². The molecule has 1 N–H and O–H groups in total. The van der Waals surface area contributed by atoms with Gasteiger partial charge in [-0.3, -0.25) is 19.1 Å². The van der Waals surface area contributed by atoms with E-state index in [9.17, 15) is 14.4 Å². The minimum atomic E-state index is -0.247. The van der Waals surface area contributed by atoms with Crippen molar-refractivity contribution in [2.24, 2.45) is 5.92 Å². The lowest BCUT2D eigenvalue weighted by atomic mass is 10.2. The van der Waals surface area contributed by atoms with E-state index in [0.717, 1.165) is 18.5 Å². The topological polar surface area (TPSA) is 90.8 Å². The Balaban J connectivity index is 1.69. The maximum atomic E-state index is 13.4. The smallest absolute Gasteiger partial charge is 0.274 e. The summed E-state index contributed by atoms with van der Waals surface area (Å²) in [5.74, 6) is -0.212. The van der Waals surface area contributed by atoms with Crippen molar-refractivity contribution < 1.29 is 14.4 Å². The van der Waals surface area contributed by atoms with Crippen molar-refractivity contribution >= 4 is 17.7 Å². The van der Waals surface area contributed by atoms with E-state index in [4.69, 9.17) is 0 Å². The van der Waals surface area contributed by atoms with Crippen molar-refractivity contribution in [2.75, 3.05) is 46.8 Å². The number of amides is 3. The summed E-state index contributed by atoms with van der Waals surface area (Å²) in [5.41, 5.74) is 1.76. The van der Waals surface area contributed by atoms with Crippen molar-refractivity contribution in [3.8, 4) is 0 Å². The molecule has 0 saturated carbocycles. The lowest BCUT2D eigenvalue weighted by Crippen LogP contribution is -2.38. The van der Waals surface area contributed by atoms with Crippen LogP contribution in [0.2, 0.25) is 0 Å². The molecule has 0 bridgehead atoms. The number of aryl methyl sites for hydroxylation is 1. The van der Waals surface area contributed by atoms with Crippen molar-refractivity contribution in [2.45, 2.75) is 39.8 Å². The molecule has 3 amide bonds. The number of nitrogens with one attached hydrogen (secondary N) is 1.